The number of hydrogen-bond acceptors (Lipinski definition) is 3. The van der Waals surface area contributed by atoms with Crippen LogP contribution in [0.2, 0.25) is 0 Å². The molecular formula is C13H27NO2. The first-order valence-corrected chi connectivity index (χ1v) is 6.69. The SMILES string of the molecule is CC(C)CNCCCCOC1CCOCC1. The zero-order chi connectivity index (χ0) is 11.6. The summed E-state index contributed by atoms with van der Waals surface area (Å²) in [5.41, 5.74) is 0. The standard InChI is InChI=1S/C13H27NO2/c1-12(2)11-14-7-3-4-8-16-13-5-9-15-10-6-13/h12-14H,3-11H2,1-2H3. The summed E-state index contributed by atoms with van der Waals surface area (Å²) in [6.45, 7) is 9.38. The highest BCUT2D eigenvalue weighted by Crippen LogP contribution is 2.10. The molecule has 0 aromatic carbocycles. The van der Waals surface area contributed by atoms with Crippen LogP contribution in [-0.4, -0.2) is 39.0 Å². The van der Waals surface area contributed by atoms with Crippen LogP contribution in [-0.2, 0) is 9.47 Å². The summed E-state index contributed by atoms with van der Waals surface area (Å²) in [4.78, 5) is 0. The molecule has 0 radical (unpaired) electrons. The summed E-state index contributed by atoms with van der Waals surface area (Å²) in [6, 6.07) is 0. The van der Waals surface area contributed by atoms with Crippen LogP contribution in [0.3, 0.4) is 0 Å². The highest BCUT2D eigenvalue weighted by atomic mass is 16.5. The lowest BCUT2D eigenvalue weighted by atomic mass is 10.1. The first-order chi connectivity index (χ1) is 7.79. The Morgan fingerprint density at radius 3 is 2.69 bits per heavy atom. The van der Waals surface area contributed by atoms with E-state index in [2.05, 4.69) is 19.2 Å². The smallest absolute Gasteiger partial charge is 0.0619 e. The van der Waals surface area contributed by atoms with Crippen molar-refractivity contribution in [1.82, 2.24) is 5.32 Å². The summed E-state index contributed by atoms with van der Waals surface area (Å²) in [5.74, 6) is 0.749. The fraction of sp³-hybridized carbons (Fsp3) is 1.00. The minimum absolute atomic E-state index is 0.456. The molecule has 1 saturated heterocycles. The number of unbranched alkanes of at least 4 members (excludes halogenated alkanes) is 1. The summed E-state index contributed by atoms with van der Waals surface area (Å²) in [6.07, 6.45) is 4.99. The van der Waals surface area contributed by atoms with E-state index in [0.29, 0.717) is 6.10 Å². The molecular weight excluding hydrogens is 202 g/mol. The second kappa shape index (κ2) is 8.97. The molecule has 0 saturated carbocycles. The van der Waals surface area contributed by atoms with Gasteiger partial charge in [0.2, 0.25) is 0 Å². The van der Waals surface area contributed by atoms with Crippen LogP contribution in [0.15, 0.2) is 0 Å². The van der Waals surface area contributed by atoms with E-state index in [1.54, 1.807) is 0 Å². The molecule has 0 spiro atoms. The van der Waals surface area contributed by atoms with E-state index < -0.39 is 0 Å². The molecule has 0 aliphatic carbocycles. The van der Waals surface area contributed by atoms with Crippen LogP contribution >= 0.6 is 0 Å². The Bertz CT molecular complexity index is 156. The first-order valence-electron chi connectivity index (χ1n) is 6.69. The second-order valence-electron chi connectivity index (χ2n) is 4.99. The van der Waals surface area contributed by atoms with Crippen LogP contribution in [0.1, 0.15) is 39.5 Å². The van der Waals surface area contributed by atoms with Gasteiger partial charge in [-0.15, -0.1) is 0 Å². The molecule has 0 amide bonds. The highest BCUT2D eigenvalue weighted by Gasteiger charge is 2.13. The van der Waals surface area contributed by atoms with Gasteiger partial charge in [-0.2, -0.15) is 0 Å². The summed E-state index contributed by atoms with van der Waals surface area (Å²) in [5, 5.41) is 3.45. The van der Waals surface area contributed by atoms with Gasteiger partial charge in [-0.3, -0.25) is 0 Å². The van der Waals surface area contributed by atoms with Crippen molar-refractivity contribution in [2.45, 2.75) is 45.6 Å². The quantitative estimate of drug-likeness (QED) is 0.647. The Labute approximate surface area is 99.9 Å². The second-order valence-corrected chi connectivity index (χ2v) is 4.99. The summed E-state index contributed by atoms with van der Waals surface area (Å²) < 4.78 is 11.1. The highest BCUT2D eigenvalue weighted by molar-refractivity contribution is 4.62. The molecule has 1 N–H and O–H groups in total. The van der Waals surface area contributed by atoms with Gasteiger partial charge in [0, 0.05) is 19.8 Å². The molecule has 1 rings (SSSR count). The zero-order valence-corrected chi connectivity index (χ0v) is 10.8. The van der Waals surface area contributed by atoms with Crippen molar-refractivity contribution >= 4 is 0 Å². The minimum atomic E-state index is 0.456. The Hall–Kier alpha value is -0.120. The molecule has 0 atom stereocenters. The lowest BCUT2D eigenvalue weighted by Gasteiger charge is -2.22. The first kappa shape index (κ1) is 13.9. The van der Waals surface area contributed by atoms with E-state index in [0.717, 1.165) is 51.7 Å². The number of nitrogens with one attached hydrogen (secondary N) is 1. The third kappa shape index (κ3) is 7.20. The Balaban J connectivity index is 1.80. The molecule has 1 aliphatic rings. The molecule has 3 nitrogen and oxygen atoms in total. The molecule has 1 aliphatic heterocycles. The zero-order valence-electron chi connectivity index (χ0n) is 10.8. The van der Waals surface area contributed by atoms with Gasteiger partial charge in [-0.1, -0.05) is 13.8 Å². The van der Waals surface area contributed by atoms with Gasteiger partial charge in [0.25, 0.3) is 0 Å². The normalized spacial score (nSPS) is 18.2. The van der Waals surface area contributed by atoms with E-state index in [9.17, 15) is 0 Å². The van der Waals surface area contributed by atoms with E-state index in [1.807, 2.05) is 0 Å². The van der Waals surface area contributed by atoms with Gasteiger partial charge in [-0.25, -0.2) is 0 Å². The number of rotatable bonds is 8. The molecule has 3 heteroatoms. The molecule has 0 bridgehead atoms. The van der Waals surface area contributed by atoms with Crippen molar-refractivity contribution in [1.29, 1.82) is 0 Å². The number of ether oxygens (including phenoxy) is 2. The molecule has 1 heterocycles. The lowest BCUT2D eigenvalue weighted by Crippen LogP contribution is -2.24. The van der Waals surface area contributed by atoms with E-state index in [1.165, 1.54) is 12.8 Å². The van der Waals surface area contributed by atoms with Gasteiger partial charge in [0.1, 0.15) is 0 Å². The lowest BCUT2D eigenvalue weighted by molar-refractivity contribution is -0.0326. The van der Waals surface area contributed by atoms with Gasteiger partial charge >= 0.3 is 0 Å². The molecule has 1 fully saturated rings. The maximum Gasteiger partial charge on any atom is 0.0619 e. The Morgan fingerprint density at radius 2 is 2.00 bits per heavy atom. The fourth-order valence-electron chi connectivity index (χ4n) is 1.84. The van der Waals surface area contributed by atoms with Crippen molar-refractivity contribution in [3.05, 3.63) is 0 Å². The topological polar surface area (TPSA) is 30.5 Å². The monoisotopic (exact) mass is 229 g/mol. The molecule has 16 heavy (non-hydrogen) atoms. The van der Waals surface area contributed by atoms with Crippen molar-refractivity contribution in [2.24, 2.45) is 5.92 Å². The molecule has 96 valence electrons. The third-order valence-corrected chi connectivity index (χ3v) is 2.82. The largest absolute Gasteiger partial charge is 0.381 e. The predicted molar refractivity (Wildman–Crippen MR) is 66.7 cm³/mol. The number of hydrogen-bond donors (Lipinski definition) is 1. The van der Waals surface area contributed by atoms with Crippen molar-refractivity contribution in [3.8, 4) is 0 Å². The predicted octanol–water partition coefficient (Wildman–Crippen LogP) is 2.21. The van der Waals surface area contributed by atoms with Crippen LogP contribution in [0.4, 0.5) is 0 Å². The molecule has 0 aromatic rings. The summed E-state index contributed by atoms with van der Waals surface area (Å²) in [7, 11) is 0. The van der Waals surface area contributed by atoms with Gasteiger partial charge < -0.3 is 14.8 Å². The maximum absolute atomic E-state index is 5.80. The van der Waals surface area contributed by atoms with Gasteiger partial charge in [0.15, 0.2) is 0 Å². The Morgan fingerprint density at radius 1 is 1.25 bits per heavy atom. The van der Waals surface area contributed by atoms with E-state index in [4.69, 9.17) is 9.47 Å². The van der Waals surface area contributed by atoms with Crippen molar-refractivity contribution in [3.63, 3.8) is 0 Å². The summed E-state index contributed by atoms with van der Waals surface area (Å²) >= 11 is 0. The van der Waals surface area contributed by atoms with E-state index in [-0.39, 0.29) is 0 Å². The van der Waals surface area contributed by atoms with Crippen LogP contribution in [0.25, 0.3) is 0 Å². The average molecular weight is 229 g/mol. The van der Waals surface area contributed by atoms with Crippen molar-refractivity contribution in [2.75, 3.05) is 32.9 Å². The van der Waals surface area contributed by atoms with Crippen LogP contribution in [0, 0.1) is 5.92 Å². The minimum Gasteiger partial charge on any atom is -0.381 e. The van der Waals surface area contributed by atoms with Gasteiger partial charge in [-0.05, 0) is 44.7 Å². The molecule has 0 aromatic heterocycles. The average Bonchev–Trinajstić information content (AvgIpc) is 2.29. The Kier molecular flexibility index (Phi) is 7.81. The van der Waals surface area contributed by atoms with Crippen LogP contribution < -0.4 is 5.32 Å². The maximum atomic E-state index is 5.80. The van der Waals surface area contributed by atoms with E-state index >= 15 is 0 Å². The fourth-order valence-corrected chi connectivity index (χ4v) is 1.84. The molecule has 0 unspecified atom stereocenters. The van der Waals surface area contributed by atoms with Gasteiger partial charge in [0.05, 0.1) is 6.10 Å². The van der Waals surface area contributed by atoms with Crippen LogP contribution in [0.5, 0.6) is 0 Å². The third-order valence-electron chi connectivity index (χ3n) is 2.82. The van der Waals surface area contributed by atoms with Crippen molar-refractivity contribution < 1.29 is 9.47 Å².